The molecule has 9 heteroatoms. The van der Waals surface area contributed by atoms with E-state index in [1.165, 1.54) is 7.05 Å². The summed E-state index contributed by atoms with van der Waals surface area (Å²) in [5, 5.41) is 3.60. The monoisotopic (exact) mass is 458 g/mol. The van der Waals surface area contributed by atoms with Gasteiger partial charge in [0.25, 0.3) is 0 Å². The summed E-state index contributed by atoms with van der Waals surface area (Å²) in [6.07, 6.45) is 5.63. The number of carbonyl (C=O) groups is 1. The van der Waals surface area contributed by atoms with E-state index in [0.717, 1.165) is 41.6 Å². The molecule has 1 aliphatic rings. The molecule has 2 heterocycles. The van der Waals surface area contributed by atoms with Gasteiger partial charge in [0.1, 0.15) is 12.5 Å². The molecular weight excluding hydrogens is 420 g/mol. The number of benzene rings is 1. The largest absolute Gasteiger partial charge is 0.491 e. The fourth-order valence-electron chi connectivity index (χ4n) is 2.98. The predicted molar refractivity (Wildman–Crippen MR) is 137 cm³/mol. The van der Waals surface area contributed by atoms with Crippen LogP contribution < -0.4 is 20.8 Å². The molecule has 0 spiro atoms. The van der Waals surface area contributed by atoms with E-state index < -0.39 is 0 Å². The number of hydrogen-bond acceptors (Lipinski definition) is 9. The van der Waals surface area contributed by atoms with Crippen LogP contribution in [0.25, 0.3) is 17.5 Å². The molecule has 1 aromatic heterocycles. The van der Waals surface area contributed by atoms with Crippen LogP contribution in [-0.4, -0.2) is 70.5 Å². The van der Waals surface area contributed by atoms with Crippen molar-refractivity contribution in [2.45, 2.75) is 20.8 Å². The third-order valence-electron chi connectivity index (χ3n) is 4.36. The Morgan fingerprint density at radius 1 is 1.18 bits per heavy atom. The first-order chi connectivity index (χ1) is 16.2. The number of rotatable bonds is 5. The Hall–Kier alpha value is -3.30. The van der Waals surface area contributed by atoms with E-state index in [1.807, 2.05) is 44.9 Å². The van der Waals surface area contributed by atoms with E-state index in [-0.39, 0.29) is 0 Å². The third kappa shape index (κ3) is 9.38. The number of hydrogen-bond donors (Lipinski definition) is 2. The number of aryl methyl sites for hydroxylation is 1. The molecule has 9 nitrogen and oxygen atoms in total. The summed E-state index contributed by atoms with van der Waals surface area (Å²) in [5.74, 6) is 2.28. The van der Waals surface area contributed by atoms with Gasteiger partial charge < -0.3 is 30.3 Å². The number of morpholine rings is 1. The van der Waals surface area contributed by atoms with Crippen molar-refractivity contribution >= 4 is 24.9 Å². The van der Waals surface area contributed by atoms with Crippen LogP contribution in [0.2, 0.25) is 0 Å². The molecule has 3 N–H and O–H groups in total. The van der Waals surface area contributed by atoms with Gasteiger partial charge in [0, 0.05) is 31.9 Å². The highest BCUT2D eigenvalue weighted by molar-refractivity contribution is 5.70. The van der Waals surface area contributed by atoms with Gasteiger partial charge in [0.2, 0.25) is 0 Å². The van der Waals surface area contributed by atoms with Crippen LogP contribution in [0.4, 0.5) is 5.82 Å². The standard InChI is InChI=1S/C19H23N3O2.C3H8N2.CH5N.CH2O/c1-4-7-16-17(23-3)19(22-10-12-24-13-11-22)21-18(20-16)15-9-6-5-8-14(15)2;1-3-5-4-2;2*1-2/h4-9H,10-13H2,1-3H3;3-4H,1-2H3;2H2,1H3;1H2/b7-4+;5-3-;;. The highest BCUT2D eigenvalue weighted by Gasteiger charge is 2.22. The second-order valence-electron chi connectivity index (χ2n) is 6.31. The summed E-state index contributed by atoms with van der Waals surface area (Å²) in [5.41, 5.74) is 10.1. The first-order valence-electron chi connectivity index (χ1n) is 10.6. The van der Waals surface area contributed by atoms with Crippen LogP contribution in [0.3, 0.4) is 0 Å². The fourth-order valence-corrected chi connectivity index (χ4v) is 2.98. The van der Waals surface area contributed by atoms with Crippen LogP contribution in [0.5, 0.6) is 5.75 Å². The summed E-state index contributed by atoms with van der Waals surface area (Å²) in [6, 6.07) is 8.17. The molecule has 0 amide bonds. The quantitative estimate of drug-likeness (QED) is 0.519. The average Bonchev–Trinajstić information content (AvgIpc) is 2.88. The van der Waals surface area contributed by atoms with Gasteiger partial charge in [0.05, 0.1) is 20.3 Å². The lowest BCUT2D eigenvalue weighted by Crippen LogP contribution is -2.37. The van der Waals surface area contributed by atoms with Crippen molar-refractivity contribution in [3.05, 3.63) is 41.6 Å². The van der Waals surface area contributed by atoms with Crippen molar-refractivity contribution in [3.63, 3.8) is 0 Å². The summed E-state index contributed by atoms with van der Waals surface area (Å²) >= 11 is 0. The van der Waals surface area contributed by atoms with Crippen LogP contribution in [0.15, 0.2) is 35.4 Å². The maximum absolute atomic E-state index is 8.00. The lowest BCUT2D eigenvalue weighted by molar-refractivity contribution is -0.0979. The van der Waals surface area contributed by atoms with Gasteiger partial charge >= 0.3 is 0 Å². The van der Waals surface area contributed by atoms with Crippen LogP contribution >= 0.6 is 0 Å². The lowest BCUT2D eigenvalue weighted by atomic mass is 10.1. The first-order valence-corrected chi connectivity index (χ1v) is 10.6. The van der Waals surface area contributed by atoms with E-state index in [4.69, 9.17) is 24.2 Å². The minimum absolute atomic E-state index is 0.700. The number of allylic oxidation sites excluding steroid dienone is 1. The molecule has 0 unspecified atom stereocenters. The number of anilines is 1. The van der Waals surface area contributed by atoms with E-state index in [2.05, 4.69) is 40.2 Å². The Morgan fingerprint density at radius 3 is 2.30 bits per heavy atom. The zero-order valence-corrected chi connectivity index (χ0v) is 20.7. The molecule has 0 atom stereocenters. The van der Waals surface area contributed by atoms with Crippen LogP contribution in [0.1, 0.15) is 25.1 Å². The maximum Gasteiger partial charge on any atom is 0.187 e. The van der Waals surface area contributed by atoms with Gasteiger partial charge in [-0.1, -0.05) is 30.3 Å². The summed E-state index contributed by atoms with van der Waals surface area (Å²) in [4.78, 5) is 19.8. The molecule has 0 aliphatic carbocycles. The zero-order chi connectivity index (χ0) is 25.1. The molecule has 2 aromatic rings. The number of nitrogens with two attached hydrogens (primary N) is 1. The average molecular weight is 459 g/mol. The van der Waals surface area contributed by atoms with Crippen molar-refractivity contribution in [3.8, 4) is 17.1 Å². The first kappa shape index (κ1) is 29.7. The summed E-state index contributed by atoms with van der Waals surface area (Å²) in [6.45, 7) is 10.9. The van der Waals surface area contributed by atoms with Gasteiger partial charge in [0.15, 0.2) is 17.4 Å². The molecule has 0 radical (unpaired) electrons. The molecule has 33 heavy (non-hydrogen) atoms. The smallest absolute Gasteiger partial charge is 0.187 e. The number of methoxy groups -OCH3 is 1. The molecular formula is C24H38N6O3. The highest BCUT2D eigenvalue weighted by Crippen LogP contribution is 2.33. The van der Waals surface area contributed by atoms with E-state index in [9.17, 15) is 0 Å². The molecule has 1 fully saturated rings. The number of aromatic nitrogens is 2. The number of hydrazone groups is 1. The lowest BCUT2D eigenvalue weighted by Gasteiger charge is -2.29. The fraction of sp³-hybridized carbons (Fsp3) is 0.417. The van der Waals surface area contributed by atoms with Crippen molar-refractivity contribution in [1.82, 2.24) is 15.4 Å². The maximum atomic E-state index is 8.00. The predicted octanol–water partition coefficient (Wildman–Crippen LogP) is 2.93. The molecule has 182 valence electrons. The summed E-state index contributed by atoms with van der Waals surface area (Å²) < 4.78 is 11.1. The van der Waals surface area contributed by atoms with Gasteiger partial charge in [-0.05, 0) is 39.5 Å². The second-order valence-corrected chi connectivity index (χ2v) is 6.31. The van der Waals surface area contributed by atoms with Crippen molar-refractivity contribution in [1.29, 1.82) is 0 Å². The molecule has 0 saturated carbocycles. The molecule has 3 rings (SSSR count). The Morgan fingerprint density at radius 2 is 1.82 bits per heavy atom. The number of carbonyl (C=O) groups excluding carboxylic acids is 1. The molecule has 1 saturated heterocycles. The van der Waals surface area contributed by atoms with Crippen molar-refractivity contribution in [2.75, 3.05) is 52.4 Å². The van der Waals surface area contributed by atoms with Gasteiger partial charge in [-0.25, -0.2) is 9.97 Å². The van der Waals surface area contributed by atoms with Gasteiger partial charge in [-0.15, -0.1) is 0 Å². The highest BCUT2D eigenvalue weighted by atomic mass is 16.5. The topological polar surface area (TPSA) is 115 Å². The third-order valence-corrected chi connectivity index (χ3v) is 4.36. The Balaban J connectivity index is 0.000000991. The number of nitrogens with one attached hydrogen (secondary N) is 1. The van der Waals surface area contributed by atoms with Crippen molar-refractivity contribution < 1.29 is 14.3 Å². The molecule has 1 aromatic carbocycles. The van der Waals surface area contributed by atoms with Gasteiger partial charge in [-0.2, -0.15) is 5.10 Å². The van der Waals surface area contributed by atoms with Crippen LogP contribution in [0, 0.1) is 6.92 Å². The van der Waals surface area contributed by atoms with E-state index >= 15 is 0 Å². The molecule has 1 aliphatic heterocycles. The van der Waals surface area contributed by atoms with Gasteiger partial charge in [-0.3, -0.25) is 0 Å². The van der Waals surface area contributed by atoms with Crippen molar-refractivity contribution in [2.24, 2.45) is 10.8 Å². The SMILES string of the molecule is C/C=C/c1nc(-c2ccccc2C)nc(N2CCOCC2)c1OC.C/C=N\NC.C=O.CN. The minimum Gasteiger partial charge on any atom is -0.491 e. The zero-order valence-electron chi connectivity index (χ0n) is 20.7. The normalized spacial score (nSPS) is 12.6. The summed E-state index contributed by atoms with van der Waals surface area (Å²) in [7, 11) is 4.93. The van der Waals surface area contributed by atoms with E-state index in [0.29, 0.717) is 19.0 Å². The molecule has 0 bridgehead atoms. The van der Waals surface area contributed by atoms with Crippen LogP contribution in [-0.2, 0) is 9.53 Å². The Bertz CT molecular complexity index is 852. The Labute approximate surface area is 197 Å². The van der Waals surface area contributed by atoms with E-state index in [1.54, 1.807) is 20.4 Å². The minimum atomic E-state index is 0.700. The number of nitrogens with zero attached hydrogens (tertiary/aromatic N) is 4. The Kier molecular flexibility index (Phi) is 16.5. The second kappa shape index (κ2) is 18.3. The number of ether oxygens (including phenoxy) is 2.